The lowest BCUT2D eigenvalue weighted by Crippen LogP contribution is -2.07. The number of hydrogen-bond acceptors (Lipinski definition) is 6. The molecule has 1 rings (SSSR count). The minimum atomic E-state index is -4.15. The van der Waals surface area contributed by atoms with Crippen LogP contribution in [0.3, 0.4) is 0 Å². The monoisotopic (exact) mass is 312 g/mol. The molecule has 0 unspecified atom stereocenters. The maximum atomic E-state index is 11.4. The summed E-state index contributed by atoms with van der Waals surface area (Å²) in [5.41, 5.74) is -0.209. The van der Waals surface area contributed by atoms with Crippen molar-refractivity contribution in [2.24, 2.45) is 0 Å². The van der Waals surface area contributed by atoms with E-state index in [1.54, 1.807) is 0 Å². The molecule has 0 radical (unpaired) electrons. The van der Waals surface area contributed by atoms with Gasteiger partial charge in [0.2, 0.25) is 0 Å². The molecule has 6 nitrogen and oxygen atoms in total. The lowest BCUT2D eigenvalue weighted by Gasteiger charge is -2.05. The van der Waals surface area contributed by atoms with Gasteiger partial charge in [0.25, 0.3) is 9.05 Å². The molecule has 0 spiro atoms. The Morgan fingerprint density at radius 3 is 2.00 bits per heavy atom. The van der Waals surface area contributed by atoms with Crippen LogP contribution in [0.15, 0.2) is 28.0 Å². The van der Waals surface area contributed by atoms with Crippen LogP contribution in [0.5, 0.6) is 0 Å². The topological polar surface area (TPSA) is 94.6 Å². The minimum Gasteiger partial charge on any atom is -0.465 e. The molecule has 1 aromatic rings. The normalized spacial score (nSPS) is 12.2. The largest absolute Gasteiger partial charge is 0.465 e. The Morgan fingerprint density at radius 1 is 1.11 bits per heavy atom. The van der Waals surface area contributed by atoms with E-state index < -0.39 is 29.8 Å². The third kappa shape index (κ3) is 3.44. The highest BCUT2D eigenvalue weighted by atomic mass is 35.7. The summed E-state index contributed by atoms with van der Waals surface area (Å²) in [6.07, 6.45) is 0.883. The zero-order valence-corrected chi connectivity index (χ0v) is 11.8. The van der Waals surface area contributed by atoms with Gasteiger partial charge in [-0.15, -0.1) is 0 Å². The highest BCUT2D eigenvalue weighted by Crippen LogP contribution is 2.22. The molecule has 18 heavy (non-hydrogen) atoms. The molecule has 0 fully saturated rings. The number of halogens is 1. The summed E-state index contributed by atoms with van der Waals surface area (Å²) in [5, 5.41) is 0. The summed E-state index contributed by atoms with van der Waals surface area (Å²) in [6, 6.07) is 2.85. The molecule has 0 aromatic heterocycles. The number of sulfone groups is 1. The molecule has 0 heterocycles. The zero-order valence-electron chi connectivity index (χ0n) is 9.38. The van der Waals surface area contributed by atoms with Gasteiger partial charge in [-0.2, -0.15) is 0 Å². The second kappa shape index (κ2) is 4.87. The standard InChI is InChI=1S/C9H9ClO6S2/c1-16-9(11)6-3-7(17(2,12)13)5-8(4-6)18(10,14)15/h3-5H,1-2H3. The summed E-state index contributed by atoms with van der Waals surface area (Å²) in [4.78, 5) is 10.5. The van der Waals surface area contributed by atoms with Crippen LogP contribution < -0.4 is 0 Å². The van der Waals surface area contributed by atoms with Gasteiger partial charge in [0.15, 0.2) is 9.84 Å². The molecular formula is C9H9ClO6S2. The molecule has 0 amide bonds. The number of rotatable bonds is 3. The molecule has 0 atom stereocenters. The third-order valence-electron chi connectivity index (χ3n) is 2.01. The van der Waals surface area contributed by atoms with Crippen LogP contribution in [0.4, 0.5) is 0 Å². The Labute approximate surface area is 109 Å². The molecule has 0 N–H and O–H groups in total. The summed E-state index contributed by atoms with van der Waals surface area (Å²) < 4.78 is 49.6. The van der Waals surface area contributed by atoms with Gasteiger partial charge in [0, 0.05) is 16.9 Å². The van der Waals surface area contributed by atoms with E-state index in [9.17, 15) is 21.6 Å². The van der Waals surface area contributed by atoms with E-state index in [-0.39, 0.29) is 10.5 Å². The van der Waals surface area contributed by atoms with Crippen molar-refractivity contribution in [3.05, 3.63) is 23.8 Å². The van der Waals surface area contributed by atoms with Crippen LogP contribution in [-0.2, 0) is 23.6 Å². The fourth-order valence-electron chi connectivity index (χ4n) is 1.16. The van der Waals surface area contributed by atoms with Gasteiger partial charge < -0.3 is 4.74 Å². The smallest absolute Gasteiger partial charge is 0.337 e. The molecule has 9 heteroatoms. The maximum absolute atomic E-state index is 11.4. The van der Waals surface area contributed by atoms with Crippen molar-refractivity contribution in [2.75, 3.05) is 13.4 Å². The SMILES string of the molecule is COC(=O)c1cc(S(C)(=O)=O)cc(S(=O)(=O)Cl)c1. The molecule has 0 saturated heterocycles. The lowest BCUT2D eigenvalue weighted by atomic mass is 10.2. The van der Waals surface area contributed by atoms with Crippen molar-refractivity contribution in [1.82, 2.24) is 0 Å². The Morgan fingerprint density at radius 2 is 1.61 bits per heavy atom. The minimum absolute atomic E-state index is 0.209. The Bertz CT molecular complexity index is 640. The van der Waals surface area contributed by atoms with Crippen molar-refractivity contribution in [1.29, 1.82) is 0 Å². The van der Waals surface area contributed by atoms with Crippen molar-refractivity contribution >= 4 is 35.5 Å². The second-order valence-corrected chi connectivity index (χ2v) is 7.98. The molecule has 1 aromatic carbocycles. The fourth-order valence-corrected chi connectivity index (χ4v) is 2.72. The molecule has 0 aliphatic rings. The fraction of sp³-hybridized carbons (Fsp3) is 0.222. The van der Waals surface area contributed by atoms with E-state index in [4.69, 9.17) is 10.7 Å². The molecule has 0 bridgehead atoms. The van der Waals surface area contributed by atoms with Crippen LogP contribution in [-0.4, -0.2) is 36.2 Å². The number of ether oxygens (including phenoxy) is 1. The Hall–Kier alpha value is -1.12. The van der Waals surface area contributed by atoms with Crippen molar-refractivity contribution in [3.63, 3.8) is 0 Å². The molecule has 100 valence electrons. The second-order valence-electron chi connectivity index (χ2n) is 3.39. The van der Waals surface area contributed by atoms with Crippen LogP contribution in [0.2, 0.25) is 0 Å². The molecular weight excluding hydrogens is 304 g/mol. The first-order valence-electron chi connectivity index (χ1n) is 4.44. The number of esters is 1. The predicted octanol–water partition coefficient (Wildman–Crippen LogP) is 0.804. The van der Waals surface area contributed by atoms with Crippen LogP contribution >= 0.6 is 10.7 Å². The maximum Gasteiger partial charge on any atom is 0.337 e. The summed E-state index contributed by atoms with van der Waals surface area (Å²) in [6.45, 7) is 0. The van der Waals surface area contributed by atoms with Gasteiger partial charge in [-0.3, -0.25) is 0 Å². The van der Waals surface area contributed by atoms with Gasteiger partial charge in [0.05, 0.1) is 22.5 Å². The Kier molecular flexibility index (Phi) is 4.04. The summed E-state index contributed by atoms with van der Waals surface area (Å²) >= 11 is 0. The Balaban J connectivity index is 3.64. The number of carbonyl (C=O) groups excluding carboxylic acids is 1. The van der Waals surface area contributed by atoms with E-state index in [2.05, 4.69) is 4.74 Å². The average Bonchev–Trinajstić information content (AvgIpc) is 2.25. The zero-order chi connectivity index (χ0) is 14.1. The third-order valence-corrected chi connectivity index (χ3v) is 4.44. The van der Waals surface area contributed by atoms with Gasteiger partial charge in [-0.1, -0.05) is 0 Å². The number of benzene rings is 1. The van der Waals surface area contributed by atoms with E-state index in [1.807, 2.05) is 0 Å². The number of carbonyl (C=O) groups is 1. The highest BCUT2D eigenvalue weighted by Gasteiger charge is 2.19. The van der Waals surface area contributed by atoms with Crippen molar-refractivity contribution in [2.45, 2.75) is 9.79 Å². The van der Waals surface area contributed by atoms with E-state index in [0.717, 1.165) is 31.6 Å². The van der Waals surface area contributed by atoms with Gasteiger partial charge in [-0.05, 0) is 18.2 Å². The molecule has 0 aliphatic heterocycles. The van der Waals surface area contributed by atoms with Crippen molar-refractivity contribution < 1.29 is 26.4 Å². The van der Waals surface area contributed by atoms with E-state index in [0.29, 0.717) is 0 Å². The van der Waals surface area contributed by atoms with Gasteiger partial charge >= 0.3 is 5.97 Å². The van der Waals surface area contributed by atoms with Crippen LogP contribution in [0.1, 0.15) is 10.4 Å². The molecule has 0 aliphatic carbocycles. The molecule has 0 saturated carbocycles. The quantitative estimate of drug-likeness (QED) is 0.605. The summed E-state index contributed by atoms with van der Waals surface area (Å²) in [5.74, 6) is -0.859. The first kappa shape index (κ1) is 14.9. The van der Waals surface area contributed by atoms with Gasteiger partial charge in [0.1, 0.15) is 0 Å². The number of methoxy groups -OCH3 is 1. The van der Waals surface area contributed by atoms with E-state index in [1.165, 1.54) is 0 Å². The number of hydrogen-bond donors (Lipinski definition) is 0. The first-order valence-corrected chi connectivity index (χ1v) is 8.64. The predicted molar refractivity (Wildman–Crippen MR) is 63.9 cm³/mol. The lowest BCUT2D eigenvalue weighted by molar-refractivity contribution is 0.0600. The van der Waals surface area contributed by atoms with Crippen LogP contribution in [0.25, 0.3) is 0 Å². The average molecular weight is 313 g/mol. The highest BCUT2D eigenvalue weighted by molar-refractivity contribution is 8.13. The van der Waals surface area contributed by atoms with Gasteiger partial charge in [-0.25, -0.2) is 21.6 Å². The van der Waals surface area contributed by atoms with Crippen LogP contribution in [0, 0.1) is 0 Å². The summed E-state index contributed by atoms with van der Waals surface area (Å²) in [7, 11) is -1.62. The first-order chi connectivity index (χ1) is 8.05. The van der Waals surface area contributed by atoms with E-state index >= 15 is 0 Å². The van der Waals surface area contributed by atoms with Crippen molar-refractivity contribution in [3.8, 4) is 0 Å².